The minimum absolute atomic E-state index is 0.284. The standard InChI is InChI=1S/C15H23NO/c1-17-11-5-10-15(16)14-9-4-7-12-6-2-3-8-13(12)14/h2-3,6,8,14-15H,4-5,7,9-11,16H2,1H3. The SMILES string of the molecule is COCCCC(N)C1CCCc2ccccc21. The summed E-state index contributed by atoms with van der Waals surface area (Å²) >= 11 is 0. The fourth-order valence-electron chi connectivity index (χ4n) is 2.90. The molecule has 0 heterocycles. The van der Waals surface area contributed by atoms with Gasteiger partial charge in [0.2, 0.25) is 0 Å². The second kappa shape index (κ2) is 6.18. The largest absolute Gasteiger partial charge is 0.385 e. The third kappa shape index (κ3) is 3.08. The smallest absolute Gasteiger partial charge is 0.0462 e. The summed E-state index contributed by atoms with van der Waals surface area (Å²) in [5.74, 6) is 0.553. The summed E-state index contributed by atoms with van der Waals surface area (Å²) in [6.07, 6.45) is 5.87. The van der Waals surface area contributed by atoms with Crippen LogP contribution in [0.1, 0.15) is 42.7 Å². The molecule has 0 amide bonds. The van der Waals surface area contributed by atoms with Gasteiger partial charge in [0.15, 0.2) is 0 Å². The molecule has 1 aliphatic carbocycles. The molecule has 94 valence electrons. The molecule has 1 aromatic carbocycles. The normalized spacial score (nSPS) is 20.9. The fraction of sp³-hybridized carbons (Fsp3) is 0.600. The van der Waals surface area contributed by atoms with E-state index in [9.17, 15) is 0 Å². The van der Waals surface area contributed by atoms with Crippen molar-refractivity contribution in [1.82, 2.24) is 0 Å². The molecule has 0 saturated heterocycles. The van der Waals surface area contributed by atoms with Crippen LogP contribution in [0, 0.1) is 0 Å². The summed E-state index contributed by atoms with van der Waals surface area (Å²) in [5, 5.41) is 0. The van der Waals surface area contributed by atoms with Crippen molar-refractivity contribution in [3.63, 3.8) is 0 Å². The first kappa shape index (κ1) is 12.6. The van der Waals surface area contributed by atoms with E-state index in [-0.39, 0.29) is 6.04 Å². The van der Waals surface area contributed by atoms with Crippen LogP contribution in [0.4, 0.5) is 0 Å². The minimum atomic E-state index is 0.284. The highest BCUT2D eigenvalue weighted by molar-refractivity contribution is 5.33. The van der Waals surface area contributed by atoms with E-state index in [2.05, 4.69) is 24.3 Å². The lowest BCUT2D eigenvalue weighted by Crippen LogP contribution is -2.31. The third-order valence-corrected chi connectivity index (χ3v) is 3.82. The van der Waals surface area contributed by atoms with Gasteiger partial charge in [0.05, 0.1) is 0 Å². The van der Waals surface area contributed by atoms with E-state index >= 15 is 0 Å². The zero-order chi connectivity index (χ0) is 12.1. The van der Waals surface area contributed by atoms with Gasteiger partial charge >= 0.3 is 0 Å². The summed E-state index contributed by atoms with van der Waals surface area (Å²) in [6, 6.07) is 9.07. The quantitative estimate of drug-likeness (QED) is 0.794. The van der Waals surface area contributed by atoms with Gasteiger partial charge in [-0.1, -0.05) is 24.3 Å². The monoisotopic (exact) mass is 233 g/mol. The summed E-state index contributed by atoms with van der Waals surface area (Å²) < 4.78 is 5.09. The second-order valence-corrected chi connectivity index (χ2v) is 5.00. The zero-order valence-corrected chi connectivity index (χ0v) is 10.7. The highest BCUT2D eigenvalue weighted by Gasteiger charge is 2.24. The number of hydrogen-bond acceptors (Lipinski definition) is 2. The van der Waals surface area contributed by atoms with Crippen LogP contribution in [0.25, 0.3) is 0 Å². The Kier molecular flexibility index (Phi) is 4.57. The van der Waals surface area contributed by atoms with E-state index in [1.807, 2.05) is 0 Å². The van der Waals surface area contributed by atoms with Crippen molar-refractivity contribution >= 4 is 0 Å². The van der Waals surface area contributed by atoms with Crippen molar-refractivity contribution in [2.24, 2.45) is 5.73 Å². The Morgan fingerprint density at radius 2 is 2.24 bits per heavy atom. The molecular weight excluding hydrogens is 210 g/mol. The Morgan fingerprint density at radius 3 is 3.06 bits per heavy atom. The summed E-state index contributed by atoms with van der Waals surface area (Å²) in [7, 11) is 1.75. The van der Waals surface area contributed by atoms with E-state index in [1.54, 1.807) is 7.11 Å². The maximum atomic E-state index is 6.35. The molecule has 0 aromatic heterocycles. The number of hydrogen-bond donors (Lipinski definition) is 1. The van der Waals surface area contributed by atoms with Crippen LogP contribution in [0.2, 0.25) is 0 Å². The van der Waals surface area contributed by atoms with E-state index < -0.39 is 0 Å². The van der Waals surface area contributed by atoms with Crippen LogP contribution in [-0.2, 0) is 11.2 Å². The zero-order valence-electron chi connectivity index (χ0n) is 10.7. The molecule has 0 spiro atoms. The number of methoxy groups -OCH3 is 1. The van der Waals surface area contributed by atoms with Crippen molar-refractivity contribution in [2.75, 3.05) is 13.7 Å². The maximum absolute atomic E-state index is 6.35. The molecule has 1 aromatic rings. The summed E-state index contributed by atoms with van der Waals surface area (Å²) in [4.78, 5) is 0. The molecule has 0 saturated carbocycles. The first-order chi connectivity index (χ1) is 8.33. The van der Waals surface area contributed by atoms with Crippen molar-refractivity contribution in [2.45, 2.75) is 44.1 Å². The first-order valence-electron chi connectivity index (χ1n) is 6.65. The van der Waals surface area contributed by atoms with Gasteiger partial charge in [-0.3, -0.25) is 0 Å². The molecule has 0 aliphatic heterocycles. The van der Waals surface area contributed by atoms with Gasteiger partial charge in [0, 0.05) is 19.8 Å². The first-order valence-corrected chi connectivity index (χ1v) is 6.65. The molecule has 2 heteroatoms. The Balaban J connectivity index is 2.02. The Bertz CT molecular complexity index is 351. The topological polar surface area (TPSA) is 35.2 Å². The lowest BCUT2D eigenvalue weighted by Gasteiger charge is -2.30. The van der Waals surface area contributed by atoms with E-state index in [4.69, 9.17) is 10.5 Å². The van der Waals surface area contributed by atoms with Crippen LogP contribution < -0.4 is 5.73 Å². The lowest BCUT2D eigenvalue weighted by atomic mass is 9.78. The number of nitrogens with two attached hydrogens (primary N) is 1. The summed E-state index contributed by atoms with van der Waals surface area (Å²) in [6.45, 7) is 0.821. The molecule has 0 radical (unpaired) electrons. The molecular formula is C15H23NO. The van der Waals surface area contributed by atoms with Crippen molar-refractivity contribution in [1.29, 1.82) is 0 Å². The summed E-state index contributed by atoms with van der Waals surface area (Å²) in [5.41, 5.74) is 9.34. The predicted molar refractivity (Wildman–Crippen MR) is 71.2 cm³/mol. The number of fused-ring (bicyclic) bond motifs is 1. The van der Waals surface area contributed by atoms with Gasteiger partial charge in [-0.05, 0) is 49.1 Å². The molecule has 1 aliphatic rings. The molecule has 2 nitrogen and oxygen atoms in total. The van der Waals surface area contributed by atoms with Crippen molar-refractivity contribution in [3.05, 3.63) is 35.4 Å². The Morgan fingerprint density at radius 1 is 1.41 bits per heavy atom. The fourth-order valence-corrected chi connectivity index (χ4v) is 2.90. The maximum Gasteiger partial charge on any atom is 0.0462 e. The molecule has 2 rings (SSSR count). The molecule has 2 N–H and O–H groups in total. The lowest BCUT2D eigenvalue weighted by molar-refractivity contribution is 0.188. The Hall–Kier alpha value is -0.860. The molecule has 17 heavy (non-hydrogen) atoms. The van der Waals surface area contributed by atoms with Gasteiger partial charge in [-0.25, -0.2) is 0 Å². The van der Waals surface area contributed by atoms with Gasteiger partial charge in [0.25, 0.3) is 0 Å². The highest BCUT2D eigenvalue weighted by atomic mass is 16.5. The van der Waals surface area contributed by atoms with Gasteiger partial charge in [0.1, 0.15) is 0 Å². The number of benzene rings is 1. The number of ether oxygens (including phenoxy) is 1. The van der Waals surface area contributed by atoms with E-state index in [0.29, 0.717) is 5.92 Å². The molecule has 0 fully saturated rings. The van der Waals surface area contributed by atoms with Crippen LogP contribution in [0.3, 0.4) is 0 Å². The van der Waals surface area contributed by atoms with Crippen LogP contribution in [0.15, 0.2) is 24.3 Å². The molecule has 0 bridgehead atoms. The van der Waals surface area contributed by atoms with Crippen LogP contribution >= 0.6 is 0 Å². The van der Waals surface area contributed by atoms with Crippen molar-refractivity contribution < 1.29 is 4.74 Å². The van der Waals surface area contributed by atoms with E-state index in [0.717, 1.165) is 19.4 Å². The molecule has 2 unspecified atom stereocenters. The Labute approximate surface area is 104 Å². The highest BCUT2D eigenvalue weighted by Crippen LogP contribution is 2.34. The number of rotatable bonds is 5. The third-order valence-electron chi connectivity index (χ3n) is 3.82. The van der Waals surface area contributed by atoms with Crippen LogP contribution in [0.5, 0.6) is 0 Å². The van der Waals surface area contributed by atoms with Crippen LogP contribution in [-0.4, -0.2) is 19.8 Å². The van der Waals surface area contributed by atoms with Gasteiger partial charge in [-0.2, -0.15) is 0 Å². The minimum Gasteiger partial charge on any atom is -0.385 e. The van der Waals surface area contributed by atoms with E-state index in [1.165, 1.54) is 30.4 Å². The van der Waals surface area contributed by atoms with Crippen molar-refractivity contribution in [3.8, 4) is 0 Å². The average molecular weight is 233 g/mol. The number of aryl methyl sites for hydroxylation is 1. The predicted octanol–water partition coefficient (Wildman–Crippen LogP) is 2.86. The second-order valence-electron chi connectivity index (χ2n) is 5.00. The van der Waals surface area contributed by atoms with Gasteiger partial charge < -0.3 is 10.5 Å². The average Bonchev–Trinajstić information content (AvgIpc) is 2.38. The molecule has 2 atom stereocenters. The van der Waals surface area contributed by atoms with Gasteiger partial charge in [-0.15, -0.1) is 0 Å².